The number of aromatic hydroxyl groups is 1. The topological polar surface area (TPSA) is 74.3 Å². The molecule has 0 bridgehead atoms. The number of aromatic amines is 1. The van der Waals surface area contributed by atoms with Crippen molar-refractivity contribution >= 4 is 22.5 Å². The number of phenolic OH excluding ortho intramolecular Hbond substituents is 1. The summed E-state index contributed by atoms with van der Waals surface area (Å²) in [6.45, 7) is 1.54. The minimum Gasteiger partial charge on any atom is -0.508 e. The number of H-pyrrole nitrogens is 1. The predicted molar refractivity (Wildman–Crippen MR) is 90.1 cm³/mol. The van der Waals surface area contributed by atoms with Crippen molar-refractivity contribution in [3.8, 4) is 11.5 Å². The van der Waals surface area contributed by atoms with E-state index in [1.807, 2.05) is 0 Å². The molecule has 2 aromatic carbocycles. The van der Waals surface area contributed by atoms with Crippen LogP contribution in [-0.2, 0) is 11.0 Å². The highest BCUT2D eigenvalue weighted by Crippen LogP contribution is 2.32. The zero-order valence-corrected chi connectivity index (χ0v) is 13.6. The van der Waals surface area contributed by atoms with Crippen molar-refractivity contribution in [1.82, 2.24) is 4.98 Å². The second kappa shape index (κ2) is 6.62. The number of ether oxygens (including phenoxy) is 1. The number of halogens is 3. The Morgan fingerprint density at radius 2 is 1.85 bits per heavy atom. The van der Waals surface area contributed by atoms with Crippen LogP contribution in [0.4, 0.5) is 18.9 Å². The number of hydrogen-bond acceptors (Lipinski definition) is 3. The van der Waals surface area contributed by atoms with Gasteiger partial charge in [-0.15, -0.1) is 0 Å². The third-order valence-corrected chi connectivity index (χ3v) is 3.71. The Labute approximate surface area is 146 Å². The van der Waals surface area contributed by atoms with Gasteiger partial charge in [-0.2, -0.15) is 13.2 Å². The number of carbonyl (C=O) groups is 1. The van der Waals surface area contributed by atoms with Gasteiger partial charge >= 0.3 is 6.18 Å². The summed E-state index contributed by atoms with van der Waals surface area (Å²) in [6, 6.07) is 11.3. The van der Waals surface area contributed by atoms with E-state index in [2.05, 4.69) is 10.3 Å². The number of nitrogens with one attached hydrogen (secondary N) is 2. The van der Waals surface area contributed by atoms with Crippen LogP contribution in [-0.4, -0.2) is 22.1 Å². The lowest BCUT2D eigenvalue weighted by Crippen LogP contribution is -2.30. The molecule has 1 aromatic heterocycles. The van der Waals surface area contributed by atoms with Gasteiger partial charge in [0.1, 0.15) is 17.2 Å². The fourth-order valence-corrected chi connectivity index (χ4v) is 2.39. The maximum atomic E-state index is 12.7. The molecule has 0 aliphatic rings. The quantitative estimate of drug-likeness (QED) is 0.646. The number of phenols is 1. The van der Waals surface area contributed by atoms with Crippen LogP contribution in [0.2, 0.25) is 0 Å². The van der Waals surface area contributed by atoms with Gasteiger partial charge in [0.05, 0.1) is 0 Å². The second-order valence-electron chi connectivity index (χ2n) is 5.73. The van der Waals surface area contributed by atoms with E-state index in [1.54, 1.807) is 6.92 Å². The van der Waals surface area contributed by atoms with E-state index in [0.717, 1.165) is 6.07 Å². The molecule has 1 unspecified atom stereocenters. The van der Waals surface area contributed by atoms with Gasteiger partial charge < -0.3 is 20.1 Å². The Morgan fingerprint density at radius 3 is 2.50 bits per heavy atom. The lowest BCUT2D eigenvalue weighted by atomic mass is 10.2. The molecule has 136 valence electrons. The lowest BCUT2D eigenvalue weighted by molar-refractivity contribution is -0.140. The van der Waals surface area contributed by atoms with Crippen LogP contribution in [0, 0.1) is 0 Å². The SMILES string of the molecule is CC(Oc1ccc(O)cc1)C(=O)Nc1ccc2[nH]c(C(F)(F)F)cc2c1. The van der Waals surface area contributed by atoms with E-state index in [-0.39, 0.29) is 5.75 Å². The molecule has 3 rings (SSSR count). The summed E-state index contributed by atoms with van der Waals surface area (Å²) in [4.78, 5) is 14.5. The molecule has 0 saturated heterocycles. The molecule has 0 fully saturated rings. The maximum absolute atomic E-state index is 12.7. The Bertz CT molecular complexity index is 933. The highest BCUT2D eigenvalue weighted by molar-refractivity contribution is 5.96. The summed E-state index contributed by atoms with van der Waals surface area (Å²) in [5.41, 5.74) is -0.167. The van der Waals surface area contributed by atoms with Gasteiger partial charge in [0, 0.05) is 16.6 Å². The molecule has 0 radical (unpaired) electrons. The Morgan fingerprint density at radius 1 is 1.15 bits per heavy atom. The van der Waals surface area contributed by atoms with Gasteiger partial charge in [0.15, 0.2) is 6.10 Å². The molecule has 8 heteroatoms. The number of rotatable bonds is 4. The summed E-state index contributed by atoms with van der Waals surface area (Å²) in [5.74, 6) is 0.0258. The van der Waals surface area contributed by atoms with Crippen molar-refractivity contribution in [2.24, 2.45) is 0 Å². The van der Waals surface area contributed by atoms with Gasteiger partial charge in [-0.3, -0.25) is 4.79 Å². The average Bonchev–Trinajstić information content (AvgIpc) is 3.00. The van der Waals surface area contributed by atoms with Gasteiger partial charge in [-0.05, 0) is 55.5 Å². The Hall–Kier alpha value is -3.16. The molecule has 1 atom stereocenters. The van der Waals surface area contributed by atoms with Crippen LogP contribution in [0.5, 0.6) is 11.5 Å². The van der Waals surface area contributed by atoms with Crippen molar-refractivity contribution in [3.63, 3.8) is 0 Å². The molecule has 0 saturated carbocycles. The first-order valence-corrected chi connectivity index (χ1v) is 7.69. The van der Waals surface area contributed by atoms with Crippen LogP contribution < -0.4 is 10.1 Å². The summed E-state index contributed by atoms with van der Waals surface area (Å²) in [6.07, 6.45) is -5.30. The molecule has 26 heavy (non-hydrogen) atoms. The molecule has 0 aliphatic heterocycles. The molecular formula is C18H15F3N2O3. The molecular weight excluding hydrogens is 349 g/mol. The van der Waals surface area contributed by atoms with Crippen molar-refractivity contribution < 1.29 is 27.8 Å². The highest BCUT2D eigenvalue weighted by atomic mass is 19.4. The fraction of sp³-hybridized carbons (Fsp3) is 0.167. The molecule has 3 aromatic rings. The van der Waals surface area contributed by atoms with E-state index in [9.17, 15) is 23.1 Å². The molecule has 5 nitrogen and oxygen atoms in total. The van der Waals surface area contributed by atoms with Gasteiger partial charge in [-0.25, -0.2) is 0 Å². The second-order valence-corrected chi connectivity index (χ2v) is 5.73. The lowest BCUT2D eigenvalue weighted by Gasteiger charge is -2.14. The number of benzene rings is 2. The summed E-state index contributed by atoms with van der Waals surface area (Å²) < 4.78 is 43.7. The van der Waals surface area contributed by atoms with Gasteiger partial charge in [0.25, 0.3) is 5.91 Å². The zero-order valence-electron chi connectivity index (χ0n) is 13.6. The first-order chi connectivity index (χ1) is 12.2. The maximum Gasteiger partial charge on any atom is 0.431 e. The van der Waals surface area contributed by atoms with Crippen molar-refractivity contribution in [3.05, 3.63) is 54.2 Å². The third-order valence-electron chi connectivity index (χ3n) is 3.71. The fourth-order valence-electron chi connectivity index (χ4n) is 2.39. The summed E-state index contributed by atoms with van der Waals surface area (Å²) in [5, 5.41) is 12.2. The predicted octanol–water partition coefficient (Wildman–Crippen LogP) is 4.30. The van der Waals surface area contributed by atoms with E-state index in [0.29, 0.717) is 22.3 Å². The van der Waals surface area contributed by atoms with Crippen LogP contribution in [0.15, 0.2) is 48.5 Å². The number of carbonyl (C=O) groups excluding carboxylic acids is 1. The number of fused-ring (bicyclic) bond motifs is 1. The molecule has 0 spiro atoms. The first-order valence-electron chi connectivity index (χ1n) is 7.69. The van der Waals surface area contributed by atoms with Crippen molar-refractivity contribution in [1.29, 1.82) is 0 Å². The minimum atomic E-state index is -4.46. The number of alkyl halides is 3. The monoisotopic (exact) mass is 364 g/mol. The summed E-state index contributed by atoms with van der Waals surface area (Å²) >= 11 is 0. The Balaban J connectivity index is 1.71. The van der Waals surface area contributed by atoms with Crippen LogP contribution in [0.25, 0.3) is 10.9 Å². The highest BCUT2D eigenvalue weighted by Gasteiger charge is 2.32. The largest absolute Gasteiger partial charge is 0.508 e. The number of hydrogen-bond donors (Lipinski definition) is 3. The molecule has 1 heterocycles. The van der Waals surface area contributed by atoms with Gasteiger partial charge in [0.2, 0.25) is 0 Å². The normalized spacial score (nSPS) is 12.8. The first kappa shape index (κ1) is 17.7. The van der Waals surface area contributed by atoms with E-state index in [4.69, 9.17) is 4.74 Å². The van der Waals surface area contributed by atoms with Gasteiger partial charge in [-0.1, -0.05) is 0 Å². The standard InChI is InChI=1S/C18H15F3N2O3/c1-10(26-14-5-3-13(24)4-6-14)17(25)22-12-2-7-15-11(8-12)9-16(23-15)18(19,20)21/h2-10,23-24H,1H3,(H,22,25). The zero-order chi connectivity index (χ0) is 18.9. The van der Waals surface area contributed by atoms with E-state index >= 15 is 0 Å². The number of aromatic nitrogens is 1. The Kier molecular flexibility index (Phi) is 4.50. The van der Waals surface area contributed by atoms with Crippen LogP contribution in [0.3, 0.4) is 0 Å². The van der Waals surface area contributed by atoms with E-state index in [1.165, 1.54) is 42.5 Å². The molecule has 3 N–H and O–H groups in total. The molecule has 1 amide bonds. The number of amides is 1. The van der Waals surface area contributed by atoms with Crippen LogP contribution in [0.1, 0.15) is 12.6 Å². The number of anilines is 1. The third kappa shape index (κ3) is 3.90. The smallest absolute Gasteiger partial charge is 0.431 e. The van der Waals surface area contributed by atoms with Crippen LogP contribution >= 0.6 is 0 Å². The van der Waals surface area contributed by atoms with Crippen molar-refractivity contribution in [2.45, 2.75) is 19.2 Å². The minimum absolute atomic E-state index is 0.0764. The average molecular weight is 364 g/mol. The van der Waals surface area contributed by atoms with Crippen molar-refractivity contribution in [2.75, 3.05) is 5.32 Å². The van der Waals surface area contributed by atoms with E-state index < -0.39 is 23.9 Å². The summed E-state index contributed by atoms with van der Waals surface area (Å²) in [7, 11) is 0. The molecule has 0 aliphatic carbocycles.